The lowest BCUT2D eigenvalue weighted by Gasteiger charge is -2.29. The van der Waals surface area contributed by atoms with Gasteiger partial charge >= 0.3 is 0 Å². The van der Waals surface area contributed by atoms with E-state index in [4.69, 9.17) is 0 Å². The highest BCUT2D eigenvalue weighted by Gasteiger charge is 2.45. The van der Waals surface area contributed by atoms with Crippen LogP contribution in [0.1, 0.15) is 58.7 Å². The van der Waals surface area contributed by atoms with Crippen LogP contribution in [-0.4, -0.2) is 27.1 Å². The first kappa shape index (κ1) is 27.5. The molecule has 0 radical (unpaired) electrons. The summed E-state index contributed by atoms with van der Waals surface area (Å²) >= 11 is 0. The number of carbonyl (C=O) groups is 1. The third-order valence-corrected chi connectivity index (χ3v) is 8.58. The van der Waals surface area contributed by atoms with Crippen LogP contribution in [-0.2, 0) is 30.8 Å². The molecule has 0 saturated carbocycles. The van der Waals surface area contributed by atoms with E-state index in [1.54, 1.807) is 6.20 Å². The Hall–Kier alpha value is -4.02. The summed E-state index contributed by atoms with van der Waals surface area (Å²) in [4.78, 5) is 15.4. The van der Waals surface area contributed by atoms with Crippen molar-refractivity contribution >= 4 is 17.7 Å². The van der Waals surface area contributed by atoms with Gasteiger partial charge in [0.2, 0.25) is 5.54 Å². The third-order valence-electron chi connectivity index (χ3n) is 8.58. The molecule has 4 nitrogen and oxygen atoms in total. The molecule has 0 aromatic heterocycles. The van der Waals surface area contributed by atoms with Crippen LogP contribution >= 0.6 is 0 Å². The van der Waals surface area contributed by atoms with Gasteiger partial charge in [0.15, 0.2) is 12.4 Å². The Labute approximate surface area is 239 Å². The Kier molecular flexibility index (Phi) is 7.99. The summed E-state index contributed by atoms with van der Waals surface area (Å²) < 4.78 is 1.94. The molecule has 3 aromatic carbocycles. The minimum atomic E-state index is -0.705. The van der Waals surface area contributed by atoms with E-state index >= 15 is 0 Å². The summed E-state index contributed by atoms with van der Waals surface area (Å²) in [5.74, 6) is -0.0433. The molecule has 1 amide bonds. The predicted octanol–water partition coefficient (Wildman–Crippen LogP) is 6.85. The Morgan fingerprint density at radius 2 is 1.68 bits per heavy atom. The number of allylic oxidation sites excluding steroid dienone is 3. The predicted molar refractivity (Wildman–Crippen MR) is 165 cm³/mol. The molecule has 2 aliphatic heterocycles. The maximum absolute atomic E-state index is 12.9. The number of carbonyl (C=O) groups excluding carboxylic acids is 1. The zero-order valence-corrected chi connectivity index (χ0v) is 24.0. The molecule has 40 heavy (non-hydrogen) atoms. The van der Waals surface area contributed by atoms with Crippen LogP contribution in [0.25, 0.3) is 5.57 Å². The fourth-order valence-electron chi connectivity index (χ4n) is 5.81. The average molecular weight is 531 g/mol. The van der Waals surface area contributed by atoms with Crippen molar-refractivity contribution in [1.82, 2.24) is 10.2 Å². The molecule has 1 saturated heterocycles. The maximum Gasteiger partial charge on any atom is 0.296 e. The van der Waals surface area contributed by atoms with Crippen molar-refractivity contribution in [3.8, 4) is 0 Å². The van der Waals surface area contributed by atoms with Crippen molar-refractivity contribution in [1.29, 1.82) is 0 Å². The second kappa shape index (κ2) is 11.6. The second-order valence-corrected chi connectivity index (χ2v) is 11.4. The van der Waals surface area contributed by atoms with Gasteiger partial charge in [0, 0.05) is 44.8 Å². The molecule has 0 bridgehead atoms. The standard InChI is InChI=1S/C36H39N3O/c1-6-39(36(5)20-18-27(3)37-35(36)40)21-19-31(34-13-9-10-26(2)28(34)4)22-29-14-16-30(17-15-29)23-38-24-32-11-7-8-12-33(32)25-38/h6-17,19,21H,1,3,18,20,22-25H2,2,4-5H3/p+1/b31-19-,39-21?. The van der Waals surface area contributed by atoms with Crippen molar-refractivity contribution in [2.24, 2.45) is 0 Å². The molecular formula is C36H40N3O+. The van der Waals surface area contributed by atoms with Crippen LogP contribution in [0.2, 0.25) is 0 Å². The van der Waals surface area contributed by atoms with E-state index < -0.39 is 5.54 Å². The Morgan fingerprint density at radius 1 is 1.00 bits per heavy atom. The number of rotatable bonds is 8. The van der Waals surface area contributed by atoms with Crippen molar-refractivity contribution in [2.75, 3.05) is 0 Å². The average Bonchev–Trinajstić information content (AvgIpc) is 3.36. The van der Waals surface area contributed by atoms with E-state index in [2.05, 4.69) is 110 Å². The Balaban J connectivity index is 1.39. The summed E-state index contributed by atoms with van der Waals surface area (Å²) in [6, 6.07) is 24.2. The number of nitrogens with zero attached hydrogens (tertiary/aromatic N) is 2. The monoisotopic (exact) mass is 530 g/mol. The van der Waals surface area contributed by atoms with Gasteiger partial charge in [-0.3, -0.25) is 9.69 Å². The molecule has 204 valence electrons. The van der Waals surface area contributed by atoms with E-state index in [1.165, 1.54) is 44.5 Å². The fraction of sp³-hybridized carbons (Fsp3) is 0.278. The van der Waals surface area contributed by atoms with Crippen LogP contribution in [0.5, 0.6) is 0 Å². The van der Waals surface area contributed by atoms with Crippen molar-refractivity contribution < 1.29 is 9.37 Å². The first-order chi connectivity index (χ1) is 19.3. The van der Waals surface area contributed by atoms with Gasteiger partial charge in [-0.25, -0.2) is 0 Å². The first-order valence-electron chi connectivity index (χ1n) is 14.1. The highest BCUT2D eigenvalue weighted by molar-refractivity contribution is 5.89. The summed E-state index contributed by atoms with van der Waals surface area (Å²) in [7, 11) is 0. The quantitative estimate of drug-likeness (QED) is 0.255. The normalized spacial score (nSPS) is 19.9. The van der Waals surface area contributed by atoms with Gasteiger partial charge in [-0.05, 0) is 77.8 Å². The number of piperidine rings is 1. The fourth-order valence-corrected chi connectivity index (χ4v) is 5.81. The van der Waals surface area contributed by atoms with Crippen molar-refractivity contribution in [2.45, 2.75) is 65.2 Å². The zero-order chi connectivity index (χ0) is 28.3. The van der Waals surface area contributed by atoms with Crippen molar-refractivity contribution in [3.63, 3.8) is 0 Å². The molecule has 0 aliphatic carbocycles. The third kappa shape index (κ3) is 5.78. The van der Waals surface area contributed by atoms with Crippen LogP contribution < -0.4 is 5.32 Å². The van der Waals surface area contributed by atoms with Crippen LogP contribution in [0.3, 0.4) is 0 Å². The number of nitrogens with one attached hydrogen (secondary N) is 1. The molecule has 1 fully saturated rings. The second-order valence-electron chi connectivity index (χ2n) is 11.4. The van der Waals surface area contributed by atoms with E-state index in [1.807, 2.05) is 17.7 Å². The number of benzene rings is 3. The molecule has 0 spiro atoms. The van der Waals surface area contributed by atoms with Gasteiger partial charge in [-0.1, -0.05) is 73.3 Å². The topological polar surface area (TPSA) is 35.4 Å². The minimum absolute atomic E-state index is 0.0433. The Bertz CT molecular complexity index is 1490. The number of amides is 1. The number of hydrogen-bond acceptors (Lipinski definition) is 2. The lowest BCUT2D eigenvalue weighted by molar-refractivity contribution is -0.524. The molecule has 1 atom stereocenters. The largest absolute Gasteiger partial charge is 0.324 e. The molecule has 2 heterocycles. The number of hydrogen-bond donors (Lipinski definition) is 1. The zero-order valence-electron chi connectivity index (χ0n) is 24.0. The lowest BCUT2D eigenvalue weighted by atomic mass is 9.89. The molecule has 5 rings (SSSR count). The summed E-state index contributed by atoms with van der Waals surface area (Å²) in [6.45, 7) is 17.2. The van der Waals surface area contributed by atoms with Crippen LogP contribution in [0.4, 0.5) is 0 Å². The molecule has 1 N–H and O–H groups in total. The number of aryl methyl sites for hydroxylation is 1. The van der Waals surface area contributed by atoms with Crippen LogP contribution in [0, 0.1) is 13.8 Å². The summed E-state index contributed by atoms with van der Waals surface area (Å²) in [5, 5.41) is 2.93. The van der Waals surface area contributed by atoms with E-state index in [-0.39, 0.29) is 5.91 Å². The van der Waals surface area contributed by atoms with Crippen LogP contribution in [0.15, 0.2) is 97.9 Å². The van der Waals surface area contributed by atoms with Gasteiger partial charge in [0.25, 0.3) is 5.91 Å². The highest BCUT2D eigenvalue weighted by Crippen LogP contribution is 2.28. The SMILES string of the molecule is C=C[N+](=C/C=C(/Cc1ccc(CN2Cc3ccccc3C2)cc1)c1cccc(C)c1C)C1(C)CCC(=C)NC1=O. The summed E-state index contributed by atoms with van der Waals surface area (Å²) in [5.41, 5.74) is 10.5. The lowest BCUT2D eigenvalue weighted by Crippen LogP contribution is -2.54. The van der Waals surface area contributed by atoms with E-state index in [0.717, 1.165) is 38.2 Å². The smallest absolute Gasteiger partial charge is 0.296 e. The molecule has 1 unspecified atom stereocenters. The minimum Gasteiger partial charge on any atom is -0.324 e. The molecule has 4 heteroatoms. The van der Waals surface area contributed by atoms with Gasteiger partial charge in [-0.2, -0.15) is 4.58 Å². The van der Waals surface area contributed by atoms with Gasteiger partial charge < -0.3 is 5.32 Å². The summed E-state index contributed by atoms with van der Waals surface area (Å²) in [6.07, 6.45) is 8.15. The number of fused-ring (bicyclic) bond motifs is 1. The Morgan fingerprint density at radius 3 is 2.33 bits per heavy atom. The maximum atomic E-state index is 12.9. The van der Waals surface area contributed by atoms with E-state index in [0.29, 0.717) is 6.42 Å². The molecule has 3 aromatic rings. The van der Waals surface area contributed by atoms with Gasteiger partial charge in [-0.15, -0.1) is 0 Å². The molecule has 2 aliphatic rings. The highest BCUT2D eigenvalue weighted by atomic mass is 16.2. The van der Waals surface area contributed by atoms with Gasteiger partial charge in [0.1, 0.15) is 0 Å². The first-order valence-corrected chi connectivity index (χ1v) is 14.1. The van der Waals surface area contributed by atoms with E-state index in [9.17, 15) is 4.79 Å². The van der Waals surface area contributed by atoms with Gasteiger partial charge in [0.05, 0.1) is 0 Å². The molecular weight excluding hydrogens is 490 g/mol. The van der Waals surface area contributed by atoms with Crippen molar-refractivity contribution in [3.05, 3.63) is 137 Å².